The van der Waals surface area contributed by atoms with E-state index in [9.17, 15) is 14.4 Å². The highest BCUT2D eigenvalue weighted by Crippen LogP contribution is 2.14. The molecule has 1 atom stereocenters. The third kappa shape index (κ3) is 53.7. The Bertz CT molecular complexity index is 1260. The van der Waals surface area contributed by atoms with E-state index in [2.05, 4.69) is 93.7 Å². The Morgan fingerprint density at radius 2 is 0.552 bits per heavy atom. The summed E-state index contributed by atoms with van der Waals surface area (Å²) in [6.45, 7) is 6.56. The Balaban J connectivity index is 4.47. The van der Waals surface area contributed by atoms with Crippen molar-refractivity contribution in [3.05, 3.63) is 72.9 Å². The van der Waals surface area contributed by atoms with Gasteiger partial charge in [-0.2, -0.15) is 0 Å². The van der Waals surface area contributed by atoms with Crippen LogP contribution >= 0.6 is 0 Å². The zero-order chi connectivity index (χ0) is 48.6. The topological polar surface area (TPSA) is 78.9 Å². The molecule has 0 radical (unpaired) electrons. The summed E-state index contributed by atoms with van der Waals surface area (Å²) in [5.41, 5.74) is 0. The number of carbonyl (C=O) groups is 3. The number of unbranched alkanes of at least 4 members (excludes halogenated alkanes) is 28. The molecule has 0 aliphatic carbocycles. The van der Waals surface area contributed by atoms with Gasteiger partial charge >= 0.3 is 17.9 Å². The first kappa shape index (κ1) is 63.8. The van der Waals surface area contributed by atoms with E-state index in [0.29, 0.717) is 19.3 Å². The SMILES string of the molecule is CCCCC/C=C\C/C=C\CCCCCCCCCC(=O)O[C@H](COC(=O)CCC/C=C\C/C=C\C/C=C\CCCCCCCC)COC(=O)CCCCCCCCC/C=C\CCCCCC. The van der Waals surface area contributed by atoms with Crippen LogP contribution in [0.1, 0.15) is 278 Å². The zero-order valence-electron chi connectivity index (χ0n) is 44.2. The highest BCUT2D eigenvalue weighted by molar-refractivity contribution is 5.71. The van der Waals surface area contributed by atoms with Gasteiger partial charge in [0.15, 0.2) is 6.10 Å². The number of esters is 3. The standard InChI is InChI=1S/C61H106O6/c1-4-7-10-13-16-19-22-25-28-30-33-36-39-42-45-48-51-54-60(63)66-57-58(56-65-59(62)53-50-47-44-41-38-35-32-27-24-21-18-15-12-9-6-3)67-61(64)55-52-49-46-43-40-37-34-31-29-26-23-20-17-14-11-8-5-2/h17,20-21,24-26,28-29,33,36,42,45,58H,4-16,18-19,22-23,27,30-32,34-35,37-41,43-44,46-57H2,1-3H3/b20-17-,24-21-,28-25-,29-26-,36-33-,45-42-/t58-/m0/s1. The van der Waals surface area contributed by atoms with Crippen molar-refractivity contribution in [2.45, 2.75) is 284 Å². The average Bonchev–Trinajstić information content (AvgIpc) is 3.33. The summed E-state index contributed by atoms with van der Waals surface area (Å²) in [5, 5.41) is 0. The van der Waals surface area contributed by atoms with Crippen LogP contribution in [-0.2, 0) is 28.6 Å². The molecule has 0 N–H and O–H groups in total. The summed E-state index contributed by atoms with van der Waals surface area (Å²) in [6, 6.07) is 0. The summed E-state index contributed by atoms with van der Waals surface area (Å²) in [4.78, 5) is 38.1. The first-order valence-electron chi connectivity index (χ1n) is 28.4. The maximum atomic E-state index is 12.8. The fourth-order valence-electron chi connectivity index (χ4n) is 7.84. The Hall–Kier alpha value is -3.15. The average molecular weight is 936 g/mol. The van der Waals surface area contributed by atoms with E-state index in [1.165, 1.54) is 161 Å². The molecule has 0 amide bonds. The fraction of sp³-hybridized carbons (Fsp3) is 0.754. The van der Waals surface area contributed by atoms with Gasteiger partial charge in [-0.05, 0) is 109 Å². The van der Waals surface area contributed by atoms with Crippen LogP contribution in [-0.4, -0.2) is 37.2 Å². The Labute approximate surface area is 414 Å². The molecule has 67 heavy (non-hydrogen) atoms. The molecule has 0 saturated heterocycles. The van der Waals surface area contributed by atoms with Crippen LogP contribution in [0.25, 0.3) is 0 Å². The number of hydrogen-bond donors (Lipinski definition) is 0. The number of carbonyl (C=O) groups excluding carboxylic acids is 3. The molecule has 0 aromatic rings. The van der Waals surface area contributed by atoms with E-state index in [1.807, 2.05) is 0 Å². The van der Waals surface area contributed by atoms with Gasteiger partial charge in [0.2, 0.25) is 0 Å². The van der Waals surface area contributed by atoms with Crippen molar-refractivity contribution < 1.29 is 28.6 Å². The highest BCUT2D eigenvalue weighted by Gasteiger charge is 2.19. The number of hydrogen-bond acceptors (Lipinski definition) is 6. The van der Waals surface area contributed by atoms with Crippen molar-refractivity contribution in [3.8, 4) is 0 Å². The Morgan fingerprint density at radius 1 is 0.299 bits per heavy atom. The molecule has 0 unspecified atom stereocenters. The van der Waals surface area contributed by atoms with E-state index >= 15 is 0 Å². The predicted molar refractivity (Wildman–Crippen MR) is 288 cm³/mol. The highest BCUT2D eigenvalue weighted by atomic mass is 16.6. The molecule has 6 nitrogen and oxygen atoms in total. The molecular formula is C61H106O6. The molecule has 6 heteroatoms. The molecule has 0 fully saturated rings. The Morgan fingerprint density at radius 3 is 0.955 bits per heavy atom. The van der Waals surface area contributed by atoms with Gasteiger partial charge in [-0.1, -0.05) is 222 Å². The van der Waals surface area contributed by atoms with E-state index < -0.39 is 6.10 Å². The van der Waals surface area contributed by atoms with Gasteiger partial charge in [0.25, 0.3) is 0 Å². The van der Waals surface area contributed by atoms with Crippen LogP contribution in [0.15, 0.2) is 72.9 Å². The second kappa shape index (κ2) is 55.4. The minimum Gasteiger partial charge on any atom is -0.462 e. The van der Waals surface area contributed by atoms with Gasteiger partial charge in [-0.25, -0.2) is 0 Å². The van der Waals surface area contributed by atoms with Crippen LogP contribution in [0, 0.1) is 0 Å². The van der Waals surface area contributed by atoms with E-state index in [1.54, 1.807) is 0 Å². The minimum atomic E-state index is -0.802. The van der Waals surface area contributed by atoms with Crippen LogP contribution in [0.3, 0.4) is 0 Å². The van der Waals surface area contributed by atoms with E-state index in [-0.39, 0.29) is 37.5 Å². The number of rotatable bonds is 51. The molecule has 0 rings (SSSR count). The predicted octanol–water partition coefficient (Wildman–Crippen LogP) is 19.0. The van der Waals surface area contributed by atoms with Gasteiger partial charge in [0, 0.05) is 19.3 Å². The van der Waals surface area contributed by atoms with Crippen LogP contribution in [0.5, 0.6) is 0 Å². The second-order valence-electron chi connectivity index (χ2n) is 18.8. The van der Waals surface area contributed by atoms with Crippen molar-refractivity contribution in [1.82, 2.24) is 0 Å². The molecule has 0 aromatic carbocycles. The lowest BCUT2D eigenvalue weighted by atomic mass is 10.1. The summed E-state index contributed by atoms with van der Waals surface area (Å²) in [6.07, 6.45) is 70.3. The molecule has 0 bridgehead atoms. The van der Waals surface area contributed by atoms with Gasteiger partial charge < -0.3 is 14.2 Å². The summed E-state index contributed by atoms with van der Waals surface area (Å²) in [5.74, 6) is -0.956. The van der Waals surface area contributed by atoms with Crippen molar-refractivity contribution >= 4 is 17.9 Å². The molecule has 0 aromatic heterocycles. The molecular weight excluding hydrogens is 829 g/mol. The van der Waals surface area contributed by atoms with Crippen LogP contribution in [0.2, 0.25) is 0 Å². The van der Waals surface area contributed by atoms with Gasteiger partial charge in [-0.3, -0.25) is 14.4 Å². The fourth-order valence-corrected chi connectivity index (χ4v) is 7.84. The normalized spacial score (nSPS) is 12.6. The maximum absolute atomic E-state index is 12.8. The summed E-state index contributed by atoms with van der Waals surface area (Å²) in [7, 11) is 0. The quantitative estimate of drug-likeness (QED) is 0.0262. The zero-order valence-corrected chi connectivity index (χ0v) is 44.2. The van der Waals surface area contributed by atoms with Crippen LogP contribution < -0.4 is 0 Å². The molecule has 386 valence electrons. The van der Waals surface area contributed by atoms with Gasteiger partial charge in [0.05, 0.1) is 0 Å². The first-order valence-corrected chi connectivity index (χ1v) is 28.4. The minimum absolute atomic E-state index is 0.0961. The molecule has 0 spiro atoms. The smallest absolute Gasteiger partial charge is 0.306 e. The van der Waals surface area contributed by atoms with Crippen LogP contribution in [0.4, 0.5) is 0 Å². The lowest BCUT2D eigenvalue weighted by molar-refractivity contribution is -0.167. The van der Waals surface area contributed by atoms with Crippen molar-refractivity contribution in [1.29, 1.82) is 0 Å². The molecule has 0 saturated carbocycles. The molecule has 0 aliphatic rings. The van der Waals surface area contributed by atoms with Crippen molar-refractivity contribution in [2.75, 3.05) is 13.2 Å². The number of allylic oxidation sites excluding steroid dienone is 12. The van der Waals surface area contributed by atoms with Gasteiger partial charge in [0.1, 0.15) is 13.2 Å². The summed E-state index contributed by atoms with van der Waals surface area (Å²) < 4.78 is 16.8. The first-order chi connectivity index (χ1) is 33.0. The molecule has 0 aliphatic heterocycles. The number of ether oxygens (including phenoxy) is 3. The third-order valence-corrected chi connectivity index (χ3v) is 12.2. The second-order valence-corrected chi connectivity index (χ2v) is 18.8. The lowest BCUT2D eigenvalue weighted by Crippen LogP contribution is -2.30. The van der Waals surface area contributed by atoms with E-state index in [4.69, 9.17) is 14.2 Å². The molecule has 0 heterocycles. The largest absolute Gasteiger partial charge is 0.462 e. The van der Waals surface area contributed by atoms with Gasteiger partial charge in [-0.15, -0.1) is 0 Å². The van der Waals surface area contributed by atoms with Crippen molar-refractivity contribution in [3.63, 3.8) is 0 Å². The summed E-state index contributed by atoms with van der Waals surface area (Å²) >= 11 is 0. The maximum Gasteiger partial charge on any atom is 0.306 e. The Kier molecular flexibility index (Phi) is 52.8. The monoisotopic (exact) mass is 935 g/mol. The lowest BCUT2D eigenvalue weighted by Gasteiger charge is -2.18. The third-order valence-electron chi connectivity index (χ3n) is 12.2. The van der Waals surface area contributed by atoms with Crippen molar-refractivity contribution in [2.24, 2.45) is 0 Å². The van der Waals surface area contributed by atoms with E-state index in [0.717, 1.165) is 70.6 Å².